The summed E-state index contributed by atoms with van der Waals surface area (Å²) in [5.74, 6) is 0.367. The predicted molar refractivity (Wildman–Crippen MR) is 81.2 cm³/mol. The number of benzene rings is 1. The molecule has 0 aliphatic heterocycles. The molecular weight excluding hydrogens is 314 g/mol. The lowest BCUT2D eigenvalue weighted by Crippen LogP contribution is -2.10. The highest BCUT2D eigenvalue weighted by Crippen LogP contribution is 2.30. The fourth-order valence-corrected chi connectivity index (χ4v) is 2.73. The third-order valence-corrected chi connectivity index (χ3v) is 3.90. The van der Waals surface area contributed by atoms with Crippen molar-refractivity contribution in [2.45, 2.75) is 19.3 Å². The maximum atomic E-state index is 12.1. The first-order chi connectivity index (χ1) is 11.6. The summed E-state index contributed by atoms with van der Waals surface area (Å²) < 4.78 is 5.60. The zero-order valence-electron chi connectivity index (χ0n) is 12.4. The summed E-state index contributed by atoms with van der Waals surface area (Å²) in [7, 11) is 0. The van der Waals surface area contributed by atoms with Crippen molar-refractivity contribution in [2.24, 2.45) is 0 Å². The monoisotopic (exact) mass is 325 g/mol. The van der Waals surface area contributed by atoms with Gasteiger partial charge in [-0.25, -0.2) is 0 Å². The Labute approximate surface area is 134 Å². The lowest BCUT2D eigenvalue weighted by molar-refractivity contribution is -0.384. The quantitative estimate of drug-likeness (QED) is 0.578. The Balaban J connectivity index is 1.70. The maximum Gasteiger partial charge on any atom is 0.269 e. The Morgan fingerprint density at radius 1 is 1.12 bits per heavy atom. The first kappa shape index (κ1) is 14.2. The van der Waals surface area contributed by atoms with Gasteiger partial charge in [0.15, 0.2) is 11.5 Å². The van der Waals surface area contributed by atoms with Crippen molar-refractivity contribution in [1.29, 1.82) is 0 Å². The van der Waals surface area contributed by atoms with Gasteiger partial charge in [0.2, 0.25) is 5.89 Å². The third-order valence-electron chi connectivity index (χ3n) is 3.90. The number of nitro benzene ring substituents is 1. The summed E-state index contributed by atoms with van der Waals surface area (Å²) in [5.41, 5.74) is 2.19. The van der Waals surface area contributed by atoms with Crippen LogP contribution in [0.15, 0.2) is 28.7 Å². The number of Topliss-reactive ketones (excluding diaryl/α,β-unsaturated/α-hetero) is 1. The van der Waals surface area contributed by atoms with Crippen LogP contribution in [0.4, 0.5) is 5.69 Å². The van der Waals surface area contributed by atoms with E-state index in [9.17, 15) is 14.9 Å². The Bertz CT molecular complexity index is 941. The number of fused-ring (bicyclic) bond motifs is 1. The Hall–Kier alpha value is -3.36. The lowest BCUT2D eigenvalue weighted by atomic mass is 9.94. The highest BCUT2D eigenvalue weighted by Gasteiger charge is 2.27. The number of non-ortho nitro benzene ring substituents is 1. The molecule has 0 unspecified atom stereocenters. The van der Waals surface area contributed by atoms with Crippen LogP contribution >= 0.6 is 0 Å². The van der Waals surface area contributed by atoms with Gasteiger partial charge in [0.05, 0.1) is 10.5 Å². The fraction of sp³-hybridized carbons (Fsp3) is 0.200. The van der Waals surface area contributed by atoms with Crippen LogP contribution in [0, 0.1) is 10.1 Å². The van der Waals surface area contributed by atoms with Crippen molar-refractivity contribution in [3.63, 3.8) is 0 Å². The highest BCUT2D eigenvalue weighted by atomic mass is 16.6. The van der Waals surface area contributed by atoms with Crippen molar-refractivity contribution < 1.29 is 14.1 Å². The molecule has 0 amide bonds. The van der Waals surface area contributed by atoms with Gasteiger partial charge in [0.25, 0.3) is 11.6 Å². The number of nitro groups is 1. The van der Waals surface area contributed by atoms with E-state index in [-0.39, 0.29) is 23.3 Å². The molecule has 0 bridgehead atoms. The molecule has 0 radical (unpaired) electrons. The summed E-state index contributed by atoms with van der Waals surface area (Å²) in [4.78, 5) is 22.3. The normalized spacial score (nSPS) is 13.8. The molecule has 0 saturated heterocycles. The molecule has 1 N–H and O–H groups in total. The largest absolute Gasteiger partial charge is 0.415 e. The fourth-order valence-electron chi connectivity index (χ4n) is 2.73. The zero-order chi connectivity index (χ0) is 16.7. The molecule has 1 aliphatic rings. The summed E-state index contributed by atoms with van der Waals surface area (Å²) in [6.45, 7) is 0. The molecule has 1 aromatic carbocycles. The lowest BCUT2D eigenvalue weighted by Gasteiger charge is -2.08. The number of carbonyl (C=O) groups excluding carboxylic acids is 1. The number of aromatic nitrogens is 4. The summed E-state index contributed by atoms with van der Waals surface area (Å²) in [5, 5.41) is 25.6. The molecule has 1 aliphatic carbocycles. The van der Waals surface area contributed by atoms with Gasteiger partial charge in [-0.15, -0.1) is 10.2 Å². The van der Waals surface area contributed by atoms with E-state index in [1.54, 1.807) is 0 Å². The average molecular weight is 325 g/mol. The van der Waals surface area contributed by atoms with Crippen molar-refractivity contribution in [2.75, 3.05) is 0 Å². The highest BCUT2D eigenvalue weighted by molar-refractivity contribution is 6.02. The van der Waals surface area contributed by atoms with Crippen LogP contribution in [0.25, 0.3) is 23.0 Å². The third kappa shape index (κ3) is 2.26. The molecule has 9 nitrogen and oxygen atoms in total. The van der Waals surface area contributed by atoms with Gasteiger partial charge in [-0.05, 0) is 25.0 Å². The second-order valence-corrected chi connectivity index (χ2v) is 5.42. The van der Waals surface area contributed by atoms with E-state index in [4.69, 9.17) is 4.42 Å². The molecule has 9 heteroatoms. The Morgan fingerprint density at radius 2 is 1.88 bits per heavy atom. The molecular formula is C15H11N5O4. The van der Waals surface area contributed by atoms with Gasteiger partial charge in [-0.1, -0.05) is 0 Å². The smallest absolute Gasteiger partial charge is 0.269 e. The molecule has 3 aromatic rings. The predicted octanol–water partition coefficient (Wildman–Crippen LogP) is 2.55. The molecule has 2 heterocycles. The van der Waals surface area contributed by atoms with Crippen LogP contribution in [-0.4, -0.2) is 31.1 Å². The van der Waals surface area contributed by atoms with Gasteiger partial charge in [0, 0.05) is 29.8 Å². The summed E-state index contributed by atoms with van der Waals surface area (Å²) in [6, 6.07) is 5.78. The van der Waals surface area contributed by atoms with Gasteiger partial charge in [-0.2, -0.15) is 5.10 Å². The van der Waals surface area contributed by atoms with Gasteiger partial charge in [-0.3, -0.25) is 20.0 Å². The molecule has 120 valence electrons. The first-order valence-electron chi connectivity index (χ1n) is 7.32. The van der Waals surface area contributed by atoms with Crippen molar-refractivity contribution in [1.82, 2.24) is 20.4 Å². The minimum atomic E-state index is -0.482. The van der Waals surface area contributed by atoms with Crippen LogP contribution in [0.5, 0.6) is 0 Å². The number of aryl methyl sites for hydroxylation is 1. The van der Waals surface area contributed by atoms with Crippen LogP contribution in [-0.2, 0) is 6.42 Å². The van der Waals surface area contributed by atoms with E-state index < -0.39 is 4.92 Å². The van der Waals surface area contributed by atoms with E-state index in [1.165, 1.54) is 24.3 Å². The van der Waals surface area contributed by atoms with Gasteiger partial charge in [0.1, 0.15) is 0 Å². The number of rotatable bonds is 3. The minimum Gasteiger partial charge on any atom is -0.415 e. The number of ketones is 1. The zero-order valence-corrected chi connectivity index (χ0v) is 12.4. The van der Waals surface area contributed by atoms with Crippen molar-refractivity contribution in [3.05, 3.63) is 45.6 Å². The summed E-state index contributed by atoms with van der Waals surface area (Å²) in [6.07, 6.45) is 2.03. The minimum absolute atomic E-state index is 0.00934. The number of nitrogens with one attached hydrogen (secondary N) is 1. The van der Waals surface area contributed by atoms with E-state index in [0.29, 0.717) is 23.2 Å². The second kappa shape index (κ2) is 5.37. The number of hydrogen-bond acceptors (Lipinski definition) is 7. The number of hydrogen-bond donors (Lipinski definition) is 1. The van der Waals surface area contributed by atoms with E-state index in [1.807, 2.05) is 0 Å². The number of H-pyrrole nitrogens is 1. The molecule has 2 aromatic heterocycles. The van der Waals surface area contributed by atoms with Crippen LogP contribution in [0.1, 0.15) is 28.9 Å². The van der Waals surface area contributed by atoms with Crippen LogP contribution in [0.3, 0.4) is 0 Å². The first-order valence-corrected chi connectivity index (χ1v) is 7.32. The van der Waals surface area contributed by atoms with Crippen LogP contribution in [0.2, 0.25) is 0 Å². The molecule has 0 saturated carbocycles. The number of carbonyl (C=O) groups is 1. The van der Waals surface area contributed by atoms with E-state index in [0.717, 1.165) is 18.5 Å². The number of nitrogens with zero attached hydrogens (tertiary/aromatic N) is 4. The Kier molecular flexibility index (Phi) is 3.19. The van der Waals surface area contributed by atoms with E-state index in [2.05, 4.69) is 20.4 Å². The second-order valence-electron chi connectivity index (χ2n) is 5.42. The molecule has 0 atom stereocenters. The van der Waals surface area contributed by atoms with Crippen LogP contribution < -0.4 is 0 Å². The molecule has 0 spiro atoms. The van der Waals surface area contributed by atoms with Crippen molar-refractivity contribution in [3.8, 4) is 23.0 Å². The Morgan fingerprint density at radius 3 is 2.62 bits per heavy atom. The molecule has 24 heavy (non-hydrogen) atoms. The maximum absolute atomic E-state index is 12.1. The van der Waals surface area contributed by atoms with E-state index >= 15 is 0 Å². The summed E-state index contributed by atoms with van der Waals surface area (Å²) >= 11 is 0. The average Bonchev–Trinajstić information content (AvgIpc) is 3.22. The SMILES string of the molecule is O=C1CCCc2[nH]nc(-c3nnc(-c4ccc([N+](=O)[O-])cc4)o3)c21. The van der Waals surface area contributed by atoms with Crippen molar-refractivity contribution >= 4 is 11.5 Å². The standard InChI is InChI=1S/C15H11N5O4/c21-11-3-1-2-10-12(11)13(17-16-10)15-19-18-14(24-15)8-4-6-9(7-5-8)20(22)23/h4-7H,1-3H2,(H,16,17). The van der Waals surface area contributed by atoms with Gasteiger partial charge >= 0.3 is 0 Å². The number of aromatic amines is 1. The molecule has 0 fully saturated rings. The topological polar surface area (TPSA) is 128 Å². The molecule has 4 rings (SSSR count). The van der Waals surface area contributed by atoms with Gasteiger partial charge < -0.3 is 4.42 Å².